The molecule has 1 aliphatic carbocycles. The van der Waals surface area contributed by atoms with E-state index in [4.69, 9.17) is 9.47 Å². The zero-order valence-corrected chi connectivity index (χ0v) is 13.9. The second-order valence-corrected chi connectivity index (χ2v) is 7.36. The van der Waals surface area contributed by atoms with Crippen molar-refractivity contribution in [1.29, 1.82) is 0 Å². The van der Waals surface area contributed by atoms with E-state index in [0.29, 0.717) is 0 Å². The van der Waals surface area contributed by atoms with Crippen LogP contribution in [-0.4, -0.2) is 66.9 Å². The maximum atomic E-state index is 12.0. The van der Waals surface area contributed by atoms with Gasteiger partial charge in [0.05, 0.1) is 6.10 Å². The first-order valence-electron chi connectivity index (χ1n) is 8.15. The van der Waals surface area contributed by atoms with Crippen molar-refractivity contribution < 1.29 is 14.3 Å². The van der Waals surface area contributed by atoms with Crippen LogP contribution in [0, 0.1) is 5.92 Å². The molecule has 2 fully saturated rings. The lowest BCUT2D eigenvalue weighted by molar-refractivity contribution is 0.000696. The molecule has 0 N–H and O–H groups in total. The van der Waals surface area contributed by atoms with Gasteiger partial charge in [0, 0.05) is 39.3 Å². The van der Waals surface area contributed by atoms with Crippen molar-refractivity contribution in [3.63, 3.8) is 0 Å². The van der Waals surface area contributed by atoms with Crippen molar-refractivity contribution in [3.05, 3.63) is 0 Å². The maximum absolute atomic E-state index is 12.0. The van der Waals surface area contributed by atoms with Gasteiger partial charge in [-0.1, -0.05) is 0 Å². The summed E-state index contributed by atoms with van der Waals surface area (Å²) in [5.74, 6) is 0.816. The molecule has 1 aliphatic heterocycles. The summed E-state index contributed by atoms with van der Waals surface area (Å²) in [6, 6.07) is 0. The zero-order chi connectivity index (χ0) is 15.5. The van der Waals surface area contributed by atoms with Crippen LogP contribution < -0.4 is 0 Å². The van der Waals surface area contributed by atoms with E-state index >= 15 is 0 Å². The van der Waals surface area contributed by atoms with Crippen molar-refractivity contribution in [2.24, 2.45) is 5.92 Å². The minimum absolute atomic E-state index is 0.194. The Kier molecular flexibility index (Phi) is 5.49. The lowest BCUT2D eigenvalue weighted by atomic mass is 10.2. The molecule has 21 heavy (non-hydrogen) atoms. The van der Waals surface area contributed by atoms with Crippen molar-refractivity contribution in [1.82, 2.24) is 9.80 Å². The SMILES string of the molecule is CC(CN1CCN(C(=O)OC(C)(C)C)CC1)OCC1CC1. The predicted molar refractivity (Wildman–Crippen MR) is 82.4 cm³/mol. The largest absolute Gasteiger partial charge is 0.444 e. The molecule has 0 aromatic rings. The van der Waals surface area contributed by atoms with Crippen LogP contribution in [0.15, 0.2) is 0 Å². The number of carbonyl (C=O) groups is 1. The van der Waals surface area contributed by atoms with Crippen LogP contribution in [0.5, 0.6) is 0 Å². The number of ether oxygens (including phenoxy) is 2. The minimum Gasteiger partial charge on any atom is -0.444 e. The third-order valence-electron chi connectivity index (χ3n) is 3.85. The smallest absolute Gasteiger partial charge is 0.410 e. The van der Waals surface area contributed by atoms with Crippen LogP contribution in [0.1, 0.15) is 40.5 Å². The molecule has 0 aromatic carbocycles. The summed E-state index contributed by atoms with van der Waals surface area (Å²) in [5, 5.41) is 0. The second kappa shape index (κ2) is 6.97. The van der Waals surface area contributed by atoms with Gasteiger partial charge in [0.1, 0.15) is 5.60 Å². The standard InChI is InChI=1S/C16H30N2O3/c1-13(20-12-14-5-6-14)11-17-7-9-18(10-8-17)15(19)21-16(2,3)4/h13-14H,5-12H2,1-4H3. The first-order chi connectivity index (χ1) is 9.83. The summed E-state index contributed by atoms with van der Waals surface area (Å²) < 4.78 is 11.3. The number of carbonyl (C=O) groups excluding carboxylic acids is 1. The van der Waals surface area contributed by atoms with Crippen LogP contribution in [0.3, 0.4) is 0 Å². The van der Waals surface area contributed by atoms with Crippen LogP contribution in [0.4, 0.5) is 4.79 Å². The Morgan fingerprint density at radius 3 is 2.33 bits per heavy atom. The average Bonchev–Trinajstić information content (AvgIpc) is 3.19. The summed E-state index contributed by atoms with van der Waals surface area (Å²) in [6.45, 7) is 13.0. The van der Waals surface area contributed by atoms with Gasteiger partial charge in [-0.2, -0.15) is 0 Å². The fourth-order valence-electron chi connectivity index (χ4n) is 2.44. The normalized spacial score (nSPS) is 22.2. The molecule has 2 aliphatic rings. The number of amides is 1. The molecule has 1 atom stereocenters. The predicted octanol–water partition coefficient (Wildman–Crippen LogP) is 2.35. The molecule has 1 amide bonds. The van der Waals surface area contributed by atoms with E-state index in [-0.39, 0.29) is 12.2 Å². The number of rotatable bonds is 5. The Morgan fingerprint density at radius 1 is 1.19 bits per heavy atom. The second-order valence-electron chi connectivity index (χ2n) is 7.36. The third-order valence-corrected chi connectivity index (χ3v) is 3.85. The first-order valence-corrected chi connectivity index (χ1v) is 8.15. The highest BCUT2D eigenvalue weighted by molar-refractivity contribution is 5.68. The Labute approximate surface area is 128 Å². The molecule has 0 spiro atoms. The third kappa shape index (κ3) is 6.22. The Hall–Kier alpha value is -0.810. The molecule has 0 aromatic heterocycles. The Balaban J connectivity index is 1.64. The van der Waals surface area contributed by atoms with Gasteiger partial charge in [-0.05, 0) is 46.5 Å². The highest BCUT2D eigenvalue weighted by Gasteiger charge is 2.27. The van der Waals surface area contributed by atoms with Gasteiger partial charge in [-0.15, -0.1) is 0 Å². The molecule has 1 heterocycles. The lowest BCUT2D eigenvalue weighted by Gasteiger charge is -2.36. The molecular weight excluding hydrogens is 268 g/mol. The Morgan fingerprint density at radius 2 is 1.81 bits per heavy atom. The highest BCUT2D eigenvalue weighted by atomic mass is 16.6. The van der Waals surface area contributed by atoms with Gasteiger partial charge in [0.2, 0.25) is 0 Å². The number of piperazine rings is 1. The van der Waals surface area contributed by atoms with E-state index < -0.39 is 5.60 Å². The minimum atomic E-state index is -0.417. The molecule has 5 nitrogen and oxygen atoms in total. The molecule has 122 valence electrons. The van der Waals surface area contributed by atoms with E-state index in [1.165, 1.54) is 12.8 Å². The summed E-state index contributed by atoms with van der Waals surface area (Å²) in [4.78, 5) is 16.2. The van der Waals surface area contributed by atoms with Crippen molar-refractivity contribution in [3.8, 4) is 0 Å². The van der Waals surface area contributed by atoms with Gasteiger partial charge in [0.25, 0.3) is 0 Å². The molecule has 0 bridgehead atoms. The lowest BCUT2D eigenvalue weighted by Crippen LogP contribution is -2.51. The highest BCUT2D eigenvalue weighted by Crippen LogP contribution is 2.29. The van der Waals surface area contributed by atoms with E-state index in [0.717, 1.165) is 45.2 Å². The van der Waals surface area contributed by atoms with E-state index in [2.05, 4.69) is 11.8 Å². The Bertz CT molecular complexity index is 342. The van der Waals surface area contributed by atoms with Crippen LogP contribution in [0.2, 0.25) is 0 Å². The van der Waals surface area contributed by atoms with Crippen molar-refractivity contribution in [2.45, 2.75) is 52.2 Å². The molecule has 0 radical (unpaired) electrons. The fraction of sp³-hybridized carbons (Fsp3) is 0.938. The first kappa shape index (κ1) is 16.6. The molecule has 5 heteroatoms. The quantitative estimate of drug-likeness (QED) is 0.781. The van der Waals surface area contributed by atoms with Crippen LogP contribution in [0.25, 0.3) is 0 Å². The zero-order valence-electron chi connectivity index (χ0n) is 13.9. The molecule has 1 unspecified atom stereocenters. The van der Waals surface area contributed by atoms with Gasteiger partial charge < -0.3 is 14.4 Å². The monoisotopic (exact) mass is 298 g/mol. The van der Waals surface area contributed by atoms with Gasteiger partial charge in [-0.25, -0.2) is 4.79 Å². The molecule has 2 rings (SSSR count). The number of hydrogen-bond donors (Lipinski definition) is 0. The molecular formula is C16H30N2O3. The van der Waals surface area contributed by atoms with Gasteiger partial charge >= 0.3 is 6.09 Å². The summed E-state index contributed by atoms with van der Waals surface area (Å²) >= 11 is 0. The van der Waals surface area contributed by atoms with Crippen molar-refractivity contribution >= 4 is 6.09 Å². The maximum Gasteiger partial charge on any atom is 0.410 e. The fourth-order valence-corrected chi connectivity index (χ4v) is 2.44. The molecule has 1 saturated heterocycles. The summed E-state index contributed by atoms with van der Waals surface area (Å²) in [7, 11) is 0. The van der Waals surface area contributed by atoms with Gasteiger partial charge in [0.15, 0.2) is 0 Å². The van der Waals surface area contributed by atoms with Crippen molar-refractivity contribution in [2.75, 3.05) is 39.3 Å². The number of nitrogens with zero attached hydrogens (tertiary/aromatic N) is 2. The van der Waals surface area contributed by atoms with Crippen LogP contribution >= 0.6 is 0 Å². The summed E-state index contributed by atoms with van der Waals surface area (Å²) in [5.41, 5.74) is -0.417. The molecule has 1 saturated carbocycles. The average molecular weight is 298 g/mol. The van der Waals surface area contributed by atoms with Crippen LogP contribution in [-0.2, 0) is 9.47 Å². The topological polar surface area (TPSA) is 42.0 Å². The van der Waals surface area contributed by atoms with Gasteiger partial charge in [-0.3, -0.25) is 4.90 Å². The van der Waals surface area contributed by atoms with E-state index in [1.807, 2.05) is 20.8 Å². The summed E-state index contributed by atoms with van der Waals surface area (Å²) in [6.07, 6.45) is 2.75. The van der Waals surface area contributed by atoms with E-state index in [1.54, 1.807) is 4.90 Å². The number of hydrogen-bond acceptors (Lipinski definition) is 4. The van der Waals surface area contributed by atoms with E-state index in [9.17, 15) is 4.79 Å².